The van der Waals surface area contributed by atoms with Gasteiger partial charge >= 0.3 is 6.09 Å². The summed E-state index contributed by atoms with van der Waals surface area (Å²) in [6, 6.07) is 0. The van der Waals surface area contributed by atoms with Gasteiger partial charge in [0.15, 0.2) is 0 Å². The molecule has 9 heavy (non-hydrogen) atoms. The first-order valence-corrected chi connectivity index (χ1v) is 3.38. The summed E-state index contributed by atoms with van der Waals surface area (Å²) >= 11 is 1.54. The molecule has 50 valence electrons. The fraction of sp³-hybridized carbons (Fsp3) is 0.250. The highest BCUT2D eigenvalue weighted by Gasteiger charge is 2.05. The van der Waals surface area contributed by atoms with Gasteiger partial charge in [0.2, 0.25) is 0 Å². The Bertz CT molecular complexity index is 148. The van der Waals surface area contributed by atoms with Gasteiger partial charge in [0.1, 0.15) is 0 Å². The van der Waals surface area contributed by atoms with Gasteiger partial charge in [-0.1, -0.05) is 0 Å². The van der Waals surface area contributed by atoms with Gasteiger partial charge in [-0.3, -0.25) is 5.01 Å². The molecule has 1 aliphatic heterocycles. The number of nitrogens with one attached hydrogen (secondary N) is 1. The molecule has 4 nitrogen and oxygen atoms in total. The van der Waals surface area contributed by atoms with Crippen LogP contribution in [0.5, 0.6) is 0 Å². The maximum atomic E-state index is 9.96. The highest BCUT2D eigenvalue weighted by molar-refractivity contribution is 8.02. The van der Waals surface area contributed by atoms with Crippen LogP contribution in [0.15, 0.2) is 11.6 Å². The molecule has 0 bridgehead atoms. The van der Waals surface area contributed by atoms with Crippen LogP contribution in [0.2, 0.25) is 0 Å². The van der Waals surface area contributed by atoms with Crippen molar-refractivity contribution in [2.75, 3.05) is 5.88 Å². The van der Waals surface area contributed by atoms with E-state index in [1.165, 1.54) is 5.01 Å². The number of carbonyl (C=O) groups is 1. The maximum Gasteiger partial charge on any atom is 0.423 e. The van der Waals surface area contributed by atoms with Crippen LogP contribution in [0, 0.1) is 0 Å². The van der Waals surface area contributed by atoms with Crippen LogP contribution in [0.1, 0.15) is 0 Å². The van der Waals surface area contributed by atoms with E-state index in [4.69, 9.17) is 5.11 Å². The van der Waals surface area contributed by atoms with E-state index in [-0.39, 0.29) is 0 Å². The first-order valence-electron chi connectivity index (χ1n) is 2.33. The smallest absolute Gasteiger partial charge is 0.423 e. The second-order valence-electron chi connectivity index (χ2n) is 1.47. The van der Waals surface area contributed by atoms with E-state index in [1.807, 2.05) is 5.41 Å². The van der Waals surface area contributed by atoms with Crippen molar-refractivity contribution in [1.82, 2.24) is 10.4 Å². The minimum Gasteiger partial charge on any atom is -0.464 e. The summed E-state index contributed by atoms with van der Waals surface area (Å²) in [5.74, 6) is 0.659. The van der Waals surface area contributed by atoms with E-state index < -0.39 is 6.09 Å². The van der Waals surface area contributed by atoms with Crippen molar-refractivity contribution in [3.05, 3.63) is 11.6 Å². The zero-order chi connectivity index (χ0) is 6.69. The Balaban J connectivity index is 2.28. The zero-order valence-corrected chi connectivity index (χ0v) is 5.39. The third kappa shape index (κ3) is 1.85. The van der Waals surface area contributed by atoms with Crippen LogP contribution >= 0.6 is 11.8 Å². The molecule has 1 amide bonds. The Morgan fingerprint density at radius 1 is 1.89 bits per heavy atom. The minimum atomic E-state index is -1.03. The van der Waals surface area contributed by atoms with Gasteiger partial charge in [0, 0.05) is 6.20 Å². The van der Waals surface area contributed by atoms with E-state index in [0.717, 1.165) is 0 Å². The molecule has 0 aromatic rings. The van der Waals surface area contributed by atoms with Crippen molar-refractivity contribution >= 4 is 17.9 Å². The molecule has 0 atom stereocenters. The van der Waals surface area contributed by atoms with Crippen LogP contribution in [0.3, 0.4) is 0 Å². The molecule has 0 saturated heterocycles. The largest absolute Gasteiger partial charge is 0.464 e. The first-order chi connectivity index (χ1) is 4.29. The normalized spacial score (nSPS) is 16.2. The second-order valence-corrected chi connectivity index (χ2v) is 2.33. The number of hydrazine groups is 1. The average molecular weight is 146 g/mol. The molecule has 0 unspecified atom stereocenters. The summed E-state index contributed by atoms with van der Waals surface area (Å²) in [5, 5.41) is 11.5. The lowest BCUT2D eigenvalue weighted by molar-refractivity contribution is 0.170. The molecule has 2 N–H and O–H groups in total. The lowest BCUT2D eigenvalue weighted by Crippen LogP contribution is -2.35. The highest BCUT2D eigenvalue weighted by atomic mass is 32.2. The van der Waals surface area contributed by atoms with E-state index in [0.29, 0.717) is 5.88 Å². The van der Waals surface area contributed by atoms with Crippen LogP contribution in [0.4, 0.5) is 4.79 Å². The molecule has 0 aromatic heterocycles. The molecular formula is C4H6N2O2S. The maximum absolute atomic E-state index is 9.96. The summed E-state index contributed by atoms with van der Waals surface area (Å²) in [5.41, 5.74) is 2.18. The second kappa shape index (κ2) is 2.63. The van der Waals surface area contributed by atoms with Crippen molar-refractivity contribution in [2.24, 2.45) is 0 Å². The lowest BCUT2D eigenvalue weighted by Gasteiger charge is -2.11. The number of thioether (sulfide) groups is 1. The zero-order valence-electron chi connectivity index (χ0n) is 4.57. The van der Waals surface area contributed by atoms with Crippen molar-refractivity contribution in [3.8, 4) is 0 Å². The molecule has 1 aliphatic rings. The lowest BCUT2D eigenvalue weighted by atomic mass is 10.9. The van der Waals surface area contributed by atoms with Gasteiger partial charge in [-0.05, 0) is 5.41 Å². The van der Waals surface area contributed by atoms with Crippen molar-refractivity contribution in [1.29, 1.82) is 0 Å². The summed E-state index contributed by atoms with van der Waals surface area (Å²) < 4.78 is 0. The Morgan fingerprint density at radius 2 is 2.67 bits per heavy atom. The minimum absolute atomic E-state index is 0.659. The van der Waals surface area contributed by atoms with Crippen molar-refractivity contribution < 1.29 is 9.90 Å². The topological polar surface area (TPSA) is 52.6 Å². The standard InChI is InChI=1S/C4H6N2O2S/c7-4(8)5-6-1-2-9-3-6/h1-2,5H,3H2,(H,7,8). The molecule has 0 aliphatic carbocycles. The van der Waals surface area contributed by atoms with Crippen LogP contribution < -0.4 is 5.43 Å². The molecule has 0 spiro atoms. The number of amides is 1. The number of hydrogen-bond acceptors (Lipinski definition) is 3. The van der Waals surface area contributed by atoms with Gasteiger partial charge in [-0.25, -0.2) is 10.2 Å². The third-order valence-corrected chi connectivity index (χ3v) is 1.53. The van der Waals surface area contributed by atoms with Crippen LogP contribution in [-0.2, 0) is 0 Å². The van der Waals surface area contributed by atoms with E-state index >= 15 is 0 Å². The Hall–Kier alpha value is -0.840. The molecule has 0 radical (unpaired) electrons. The summed E-state index contributed by atoms with van der Waals surface area (Å²) in [7, 11) is 0. The van der Waals surface area contributed by atoms with Crippen LogP contribution in [0.25, 0.3) is 0 Å². The number of hydrogen-bond donors (Lipinski definition) is 2. The van der Waals surface area contributed by atoms with Crippen molar-refractivity contribution in [2.45, 2.75) is 0 Å². The van der Waals surface area contributed by atoms with E-state index in [1.54, 1.807) is 18.0 Å². The van der Waals surface area contributed by atoms with Crippen LogP contribution in [-0.4, -0.2) is 22.1 Å². The molecule has 0 saturated carbocycles. The van der Waals surface area contributed by atoms with E-state index in [9.17, 15) is 4.79 Å². The van der Waals surface area contributed by atoms with E-state index in [2.05, 4.69) is 5.43 Å². The Morgan fingerprint density at radius 3 is 3.11 bits per heavy atom. The number of rotatable bonds is 1. The fourth-order valence-corrected chi connectivity index (χ4v) is 1.11. The first kappa shape index (κ1) is 6.28. The van der Waals surface area contributed by atoms with Gasteiger partial charge in [0.05, 0.1) is 5.88 Å². The number of carboxylic acid groups (broad SMARTS) is 1. The summed E-state index contributed by atoms with van der Waals surface area (Å²) in [6.07, 6.45) is 0.654. The monoisotopic (exact) mass is 146 g/mol. The van der Waals surface area contributed by atoms with Gasteiger partial charge in [0.25, 0.3) is 0 Å². The SMILES string of the molecule is O=C(O)NN1C=CSC1. The quantitative estimate of drug-likeness (QED) is 0.570. The van der Waals surface area contributed by atoms with Gasteiger partial charge < -0.3 is 5.11 Å². The number of nitrogens with zero attached hydrogens (tertiary/aromatic N) is 1. The molecule has 0 fully saturated rings. The summed E-state index contributed by atoms with van der Waals surface area (Å²) in [4.78, 5) is 9.96. The average Bonchev–Trinajstić information content (AvgIpc) is 2.15. The Labute approximate surface area is 56.5 Å². The van der Waals surface area contributed by atoms with Gasteiger partial charge in [-0.2, -0.15) is 0 Å². The van der Waals surface area contributed by atoms with Gasteiger partial charge in [-0.15, -0.1) is 11.8 Å². The summed E-state index contributed by atoms with van der Waals surface area (Å²) in [6.45, 7) is 0. The molecule has 5 heteroatoms. The Kier molecular flexibility index (Phi) is 1.84. The van der Waals surface area contributed by atoms with Crippen molar-refractivity contribution in [3.63, 3.8) is 0 Å². The highest BCUT2D eigenvalue weighted by Crippen LogP contribution is 2.11. The third-order valence-electron chi connectivity index (χ3n) is 0.790. The fourth-order valence-electron chi connectivity index (χ4n) is 0.475. The molecule has 1 rings (SSSR count). The molecule has 1 heterocycles. The molecular weight excluding hydrogens is 140 g/mol. The molecule has 0 aromatic carbocycles. The predicted octanol–water partition coefficient (Wildman–Crippen LogP) is 0.646. The predicted molar refractivity (Wildman–Crippen MR) is 34.6 cm³/mol.